The predicted octanol–water partition coefficient (Wildman–Crippen LogP) is 2.46. The largest absolute Gasteiger partial charge is 0.316 e. The van der Waals surface area contributed by atoms with Crippen LogP contribution in [0.25, 0.3) is 0 Å². The molecule has 0 aromatic heterocycles. The van der Waals surface area contributed by atoms with Gasteiger partial charge in [0.1, 0.15) is 0 Å². The fourth-order valence-corrected chi connectivity index (χ4v) is 1.71. The van der Waals surface area contributed by atoms with Crippen molar-refractivity contribution in [1.29, 1.82) is 0 Å². The average Bonchev–Trinajstić information content (AvgIpc) is 2.62. The molecule has 1 atom stereocenters. The third-order valence-corrected chi connectivity index (χ3v) is 2.48. The zero-order valence-corrected chi connectivity index (χ0v) is 8.41. The Morgan fingerprint density at radius 3 is 2.57 bits per heavy atom. The van der Waals surface area contributed by atoms with Crippen LogP contribution in [0.15, 0.2) is 18.2 Å². The second-order valence-electron chi connectivity index (χ2n) is 3.36. The van der Waals surface area contributed by atoms with E-state index in [-0.39, 0.29) is 12.4 Å². The van der Waals surface area contributed by atoms with Crippen molar-refractivity contribution in [3.8, 4) is 0 Å². The SMILES string of the molecule is Cl.Fc1ccc([C@H]2CCNC2)cc1F. The molecule has 0 unspecified atom stereocenters. The van der Waals surface area contributed by atoms with Gasteiger partial charge < -0.3 is 5.32 Å². The summed E-state index contributed by atoms with van der Waals surface area (Å²) in [7, 11) is 0. The van der Waals surface area contributed by atoms with E-state index in [1.165, 1.54) is 12.1 Å². The lowest BCUT2D eigenvalue weighted by Gasteiger charge is -2.08. The highest BCUT2D eigenvalue weighted by Crippen LogP contribution is 2.23. The van der Waals surface area contributed by atoms with E-state index in [1.54, 1.807) is 6.07 Å². The summed E-state index contributed by atoms with van der Waals surface area (Å²) in [6.45, 7) is 1.83. The first kappa shape index (κ1) is 11.4. The van der Waals surface area contributed by atoms with Gasteiger partial charge in [0.15, 0.2) is 11.6 Å². The second-order valence-corrected chi connectivity index (χ2v) is 3.36. The molecule has 1 aromatic rings. The van der Waals surface area contributed by atoms with Crippen LogP contribution in [-0.2, 0) is 0 Å². The minimum absolute atomic E-state index is 0. The summed E-state index contributed by atoms with van der Waals surface area (Å²) in [6.07, 6.45) is 1.01. The van der Waals surface area contributed by atoms with E-state index in [0.717, 1.165) is 25.1 Å². The number of benzene rings is 1. The fourth-order valence-electron chi connectivity index (χ4n) is 1.71. The van der Waals surface area contributed by atoms with Gasteiger partial charge in [0.2, 0.25) is 0 Å². The van der Waals surface area contributed by atoms with Gasteiger partial charge in [-0.1, -0.05) is 6.07 Å². The molecule has 78 valence electrons. The number of nitrogens with one attached hydrogen (secondary N) is 1. The molecule has 0 spiro atoms. The fraction of sp³-hybridized carbons (Fsp3) is 0.400. The van der Waals surface area contributed by atoms with Gasteiger partial charge in [0.25, 0.3) is 0 Å². The third-order valence-electron chi connectivity index (χ3n) is 2.48. The Labute approximate surface area is 87.9 Å². The van der Waals surface area contributed by atoms with Crippen LogP contribution in [0.2, 0.25) is 0 Å². The van der Waals surface area contributed by atoms with Gasteiger partial charge in [-0.2, -0.15) is 0 Å². The van der Waals surface area contributed by atoms with E-state index in [1.807, 2.05) is 0 Å². The van der Waals surface area contributed by atoms with Gasteiger partial charge in [-0.25, -0.2) is 8.78 Å². The highest BCUT2D eigenvalue weighted by Gasteiger charge is 2.17. The van der Waals surface area contributed by atoms with Crippen LogP contribution >= 0.6 is 12.4 Å². The molecule has 14 heavy (non-hydrogen) atoms. The molecular formula is C10H12ClF2N. The maximum atomic E-state index is 12.8. The molecule has 2 rings (SSSR count). The minimum Gasteiger partial charge on any atom is -0.316 e. The van der Waals surface area contributed by atoms with Gasteiger partial charge in [-0.15, -0.1) is 12.4 Å². The van der Waals surface area contributed by atoms with Crippen LogP contribution in [-0.4, -0.2) is 13.1 Å². The molecular weight excluding hydrogens is 208 g/mol. The molecule has 0 amide bonds. The van der Waals surface area contributed by atoms with Gasteiger partial charge in [0.05, 0.1) is 0 Å². The van der Waals surface area contributed by atoms with Crippen LogP contribution < -0.4 is 5.32 Å². The minimum atomic E-state index is -0.769. The summed E-state index contributed by atoms with van der Waals surface area (Å²) in [4.78, 5) is 0. The summed E-state index contributed by atoms with van der Waals surface area (Å²) < 4.78 is 25.4. The van der Waals surface area contributed by atoms with Gasteiger partial charge in [0, 0.05) is 6.54 Å². The Bertz CT molecular complexity index is 311. The van der Waals surface area contributed by atoms with E-state index in [9.17, 15) is 8.78 Å². The summed E-state index contributed by atoms with van der Waals surface area (Å²) in [5.74, 6) is -1.17. The first-order chi connectivity index (χ1) is 6.27. The van der Waals surface area contributed by atoms with E-state index in [2.05, 4.69) is 5.32 Å². The monoisotopic (exact) mass is 219 g/mol. The Morgan fingerprint density at radius 1 is 1.21 bits per heavy atom. The van der Waals surface area contributed by atoms with Crippen molar-refractivity contribution in [1.82, 2.24) is 5.32 Å². The van der Waals surface area contributed by atoms with E-state index in [0.29, 0.717) is 5.92 Å². The molecule has 1 aliphatic heterocycles. The van der Waals surface area contributed by atoms with Gasteiger partial charge in [-0.05, 0) is 36.6 Å². The zero-order chi connectivity index (χ0) is 9.26. The first-order valence-corrected chi connectivity index (χ1v) is 4.43. The van der Waals surface area contributed by atoms with Crippen molar-refractivity contribution in [2.45, 2.75) is 12.3 Å². The van der Waals surface area contributed by atoms with E-state index >= 15 is 0 Å². The number of halogens is 3. The molecule has 1 aliphatic rings. The molecule has 0 saturated carbocycles. The molecule has 4 heteroatoms. The zero-order valence-electron chi connectivity index (χ0n) is 7.59. The number of hydrogen-bond acceptors (Lipinski definition) is 1. The molecule has 0 aliphatic carbocycles. The van der Waals surface area contributed by atoms with Crippen molar-refractivity contribution in [3.63, 3.8) is 0 Å². The van der Waals surface area contributed by atoms with Crippen molar-refractivity contribution < 1.29 is 8.78 Å². The van der Waals surface area contributed by atoms with E-state index < -0.39 is 11.6 Å². The van der Waals surface area contributed by atoms with Crippen molar-refractivity contribution in [2.24, 2.45) is 0 Å². The number of rotatable bonds is 1. The molecule has 0 radical (unpaired) electrons. The normalized spacial score (nSPS) is 20.6. The lowest BCUT2D eigenvalue weighted by Crippen LogP contribution is -2.08. The quantitative estimate of drug-likeness (QED) is 0.765. The number of hydrogen-bond donors (Lipinski definition) is 1. The molecule has 1 heterocycles. The van der Waals surface area contributed by atoms with E-state index in [4.69, 9.17) is 0 Å². The molecule has 1 aromatic carbocycles. The standard InChI is InChI=1S/C10H11F2N.ClH/c11-9-2-1-7(5-10(9)12)8-3-4-13-6-8;/h1-2,5,8,13H,3-4,6H2;1H/t8-;/m0./s1. The Hall–Kier alpha value is -0.670. The summed E-state index contributed by atoms with van der Waals surface area (Å²) in [5.41, 5.74) is 0.893. The Morgan fingerprint density at radius 2 is 2.00 bits per heavy atom. The molecule has 1 N–H and O–H groups in total. The third kappa shape index (κ3) is 2.22. The maximum Gasteiger partial charge on any atom is 0.159 e. The van der Waals surface area contributed by atoms with Crippen LogP contribution in [0, 0.1) is 11.6 Å². The lowest BCUT2D eigenvalue weighted by atomic mass is 9.98. The first-order valence-electron chi connectivity index (χ1n) is 4.43. The van der Waals surface area contributed by atoms with Crippen LogP contribution in [0.3, 0.4) is 0 Å². The van der Waals surface area contributed by atoms with Crippen molar-refractivity contribution in [3.05, 3.63) is 35.4 Å². The summed E-state index contributed by atoms with van der Waals surface area (Å²) in [5, 5.41) is 3.19. The lowest BCUT2D eigenvalue weighted by molar-refractivity contribution is 0.505. The molecule has 1 fully saturated rings. The second kappa shape index (κ2) is 4.71. The molecule has 0 bridgehead atoms. The molecule has 1 saturated heterocycles. The van der Waals surface area contributed by atoms with Crippen molar-refractivity contribution >= 4 is 12.4 Å². The van der Waals surface area contributed by atoms with Crippen molar-refractivity contribution in [2.75, 3.05) is 13.1 Å². The predicted molar refractivity (Wildman–Crippen MR) is 53.8 cm³/mol. The Balaban J connectivity index is 0.000000980. The van der Waals surface area contributed by atoms with Crippen LogP contribution in [0.1, 0.15) is 17.9 Å². The van der Waals surface area contributed by atoms with Crippen LogP contribution in [0.4, 0.5) is 8.78 Å². The highest BCUT2D eigenvalue weighted by atomic mass is 35.5. The van der Waals surface area contributed by atoms with Gasteiger partial charge >= 0.3 is 0 Å². The van der Waals surface area contributed by atoms with Crippen LogP contribution in [0.5, 0.6) is 0 Å². The topological polar surface area (TPSA) is 12.0 Å². The maximum absolute atomic E-state index is 12.8. The summed E-state index contributed by atoms with van der Waals surface area (Å²) >= 11 is 0. The average molecular weight is 220 g/mol. The highest BCUT2D eigenvalue weighted by molar-refractivity contribution is 5.85. The Kier molecular flexibility index (Phi) is 3.84. The summed E-state index contributed by atoms with van der Waals surface area (Å²) in [6, 6.07) is 4.16. The van der Waals surface area contributed by atoms with Gasteiger partial charge in [-0.3, -0.25) is 0 Å². The molecule has 1 nitrogen and oxygen atoms in total. The smallest absolute Gasteiger partial charge is 0.159 e.